The highest BCUT2D eigenvalue weighted by Crippen LogP contribution is 1.96. The Labute approximate surface area is 68.6 Å². The Balaban J connectivity index is 2.47. The molecule has 1 rings (SSSR count). The highest BCUT2D eigenvalue weighted by atomic mass is 13.8. The molecule has 0 bridgehead atoms. The first-order chi connectivity index (χ1) is 5.50. The summed E-state index contributed by atoms with van der Waals surface area (Å²) in [6.45, 7) is 0. The SMILES string of the molecule is C1=CC/C=C\C/C=C/CC=C1. The van der Waals surface area contributed by atoms with Gasteiger partial charge in [0.25, 0.3) is 0 Å². The number of hydrogen-bond donors (Lipinski definition) is 0. The van der Waals surface area contributed by atoms with Gasteiger partial charge in [0, 0.05) is 0 Å². The molecular weight excluding hydrogens is 132 g/mol. The van der Waals surface area contributed by atoms with Crippen LogP contribution in [0.15, 0.2) is 48.6 Å². The molecule has 0 saturated heterocycles. The fourth-order valence-electron chi connectivity index (χ4n) is 0.935. The molecule has 0 radical (unpaired) electrons. The molecule has 58 valence electrons. The average Bonchev–Trinajstić information content (AvgIpc) is 2.08. The van der Waals surface area contributed by atoms with E-state index in [0.717, 1.165) is 19.3 Å². The van der Waals surface area contributed by atoms with Gasteiger partial charge in [-0.05, 0) is 19.3 Å². The predicted molar refractivity (Wildman–Crippen MR) is 50.4 cm³/mol. The first kappa shape index (κ1) is 8.06. The molecule has 0 amide bonds. The quantitative estimate of drug-likeness (QED) is 0.459. The van der Waals surface area contributed by atoms with Gasteiger partial charge in [0.2, 0.25) is 0 Å². The van der Waals surface area contributed by atoms with E-state index in [9.17, 15) is 0 Å². The number of rotatable bonds is 0. The second kappa shape index (κ2) is 5.72. The molecule has 11 heavy (non-hydrogen) atoms. The summed E-state index contributed by atoms with van der Waals surface area (Å²) in [5.41, 5.74) is 0. The molecule has 0 heterocycles. The zero-order valence-electron chi connectivity index (χ0n) is 6.74. The second-order valence-corrected chi connectivity index (χ2v) is 2.51. The Bertz CT molecular complexity index is 170. The Morgan fingerprint density at radius 1 is 0.455 bits per heavy atom. The van der Waals surface area contributed by atoms with Gasteiger partial charge in [-0.25, -0.2) is 0 Å². The predicted octanol–water partition coefficient (Wildman–Crippen LogP) is 3.40. The Kier molecular flexibility index (Phi) is 4.19. The van der Waals surface area contributed by atoms with E-state index in [-0.39, 0.29) is 0 Å². The minimum absolute atomic E-state index is 1.05. The van der Waals surface area contributed by atoms with Gasteiger partial charge in [0.05, 0.1) is 0 Å². The van der Waals surface area contributed by atoms with Crippen LogP contribution >= 0.6 is 0 Å². The molecule has 0 spiro atoms. The van der Waals surface area contributed by atoms with Crippen molar-refractivity contribution in [1.82, 2.24) is 0 Å². The summed E-state index contributed by atoms with van der Waals surface area (Å²) in [5, 5.41) is 0. The largest absolute Gasteiger partial charge is 0.0844 e. The van der Waals surface area contributed by atoms with E-state index in [4.69, 9.17) is 0 Å². The van der Waals surface area contributed by atoms with Crippen LogP contribution < -0.4 is 0 Å². The molecule has 0 aromatic heterocycles. The summed E-state index contributed by atoms with van der Waals surface area (Å²) < 4.78 is 0. The molecule has 0 N–H and O–H groups in total. The lowest BCUT2D eigenvalue weighted by atomic mass is 10.3. The lowest BCUT2D eigenvalue weighted by Crippen LogP contribution is -1.59. The summed E-state index contributed by atoms with van der Waals surface area (Å²) in [7, 11) is 0. The fraction of sp³-hybridized carbons (Fsp3) is 0.273. The smallest absolute Gasteiger partial charge is 0.0166 e. The van der Waals surface area contributed by atoms with Crippen LogP contribution in [0.4, 0.5) is 0 Å². The van der Waals surface area contributed by atoms with Crippen molar-refractivity contribution in [2.45, 2.75) is 19.3 Å². The third-order valence-electron chi connectivity index (χ3n) is 1.53. The number of allylic oxidation sites excluding steroid dienone is 8. The minimum Gasteiger partial charge on any atom is -0.0844 e. The van der Waals surface area contributed by atoms with Crippen molar-refractivity contribution in [3.8, 4) is 0 Å². The standard InChI is InChI=1S/C11H14/c1-2-4-6-8-10-11-9-7-5-3-1/h1-4,7-10H,5-6,11H2/b3-1?,4-2?,9-7-,10-8+. The van der Waals surface area contributed by atoms with Gasteiger partial charge in [-0.3, -0.25) is 0 Å². The van der Waals surface area contributed by atoms with Gasteiger partial charge in [-0.2, -0.15) is 0 Å². The van der Waals surface area contributed by atoms with Crippen molar-refractivity contribution in [2.75, 3.05) is 0 Å². The molecule has 0 saturated carbocycles. The van der Waals surface area contributed by atoms with Crippen molar-refractivity contribution in [2.24, 2.45) is 0 Å². The summed E-state index contributed by atoms with van der Waals surface area (Å²) >= 11 is 0. The summed E-state index contributed by atoms with van der Waals surface area (Å²) in [5.74, 6) is 0. The van der Waals surface area contributed by atoms with Crippen molar-refractivity contribution >= 4 is 0 Å². The van der Waals surface area contributed by atoms with Crippen LogP contribution in [0.5, 0.6) is 0 Å². The molecule has 0 fully saturated rings. The van der Waals surface area contributed by atoms with Crippen LogP contribution in [0.2, 0.25) is 0 Å². The average molecular weight is 146 g/mol. The zero-order chi connectivity index (χ0) is 7.78. The van der Waals surface area contributed by atoms with E-state index < -0.39 is 0 Å². The third-order valence-corrected chi connectivity index (χ3v) is 1.53. The summed E-state index contributed by atoms with van der Waals surface area (Å²) in [6.07, 6.45) is 20.5. The minimum atomic E-state index is 1.05. The lowest BCUT2D eigenvalue weighted by molar-refractivity contribution is 1.29. The van der Waals surface area contributed by atoms with Gasteiger partial charge >= 0.3 is 0 Å². The Hall–Kier alpha value is -1.04. The zero-order valence-corrected chi connectivity index (χ0v) is 6.74. The van der Waals surface area contributed by atoms with E-state index >= 15 is 0 Å². The van der Waals surface area contributed by atoms with Crippen LogP contribution in [0.1, 0.15) is 19.3 Å². The normalized spacial score (nSPS) is 24.0. The lowest BCUT2D eigenvalue weighted by Gasteiger charge is -1.80. The maximum absolute atomic E-state index is 2.20. The van der Waals surface area contributed by atoms with Crippen molar-refractivity contribution in [3.63, 3.8) is 0 Å². The maximum atomic E-state index is 2.20. The summed E-state index contributed by atoms with van der Waals surface area (Å²) in [6, 6.07) is 0. The van der Waals surface area contributed by atoms with Gasteiger partial charge in [0.1, 0.15) is 0 Å². The van der Waals surface area contributed by atoms with Crippen LogP contribution in [-0.4, -0.2) is 0 Å². The Morgan fingerprint density at radius 3 is 1.27 bits per heavy atom. The molecule has 1 aliphatic carbocycles. The van der Waals surface area contributed by atoms with Crippen molar-refractivity contribution in [3.05, 3.63) is 48.6 Å². The molecule has 0 unspecified atom stereocenters. The summed E-state index contributed by atoms with van der Waals surface area (Å²) in [4.78, 5) is 0. The molecule has 1 aliphatic rings. The van der Waals surface area contributed by atoms with Gasteiger partial charge < -0.3 is 0 Å². The first-order valence-corrected chi connectivity index (χ1v) is 4.12. The van der Waals surface area contributed by atoms with E-state index in [1.807, 2.05) is 0 Å². The molecule has 0 aromatic carbocycles. The van der Waals surface area contributed by atoms with Crippen LogP contribution in [0.25, 0.3) is 0 Å². The molecule has 0 heteroatoms. The third kappa shape index (κ3) is 4.38. The van der Waals surface area contributed by atoms with E-state index in [1.54, 1.807) is 0 Å². The van der Waals surface area contributed by atoms with Gasteiger partial charge in [-0.15, -0.1) is 0 Å². The molecule has 0 aromatic rings. The fourth-order valence-corrected chi connectivity index (χ4v) is 0.935. The van der Waals surface area contributed by atoms with Crippen molar-refractivity contribution in [1.29, 1.82) is 0 Å². The maximum Gasteiger partial charge on any atom is -0.0166 e. The van der Waals surface area contributed by atoms with Crippen LogP contribution in [0.3, 0.4) is 0 Å². The number of hydrogen-bond acceptors (Lipinski definition) is 0. The second-order valence-electron chi connectivity index (χ2n) is 2.51. The molecule has 0 nitrogen and oxygen atoms in total. The molecule has 0 aliphatic heterocycles. The topological polar surface area (TPSA) is 0 Å². The van der Waals surface area contributed by atoms with Gasteiger partial charge in [0.15, 0.2) is 0 Å². The first-order valence-electron chi connectivity index (χ1n) is 4.12. The monoisotopic (exact) mass is 146 g/mol. The van der Waals surface area contributed by atoms with E-state index in [2.05, 4.69) is 48.6 Å². The Morgan fingerprint density at radius 2 is 0.818 bits per heavy atom. The van der Waals surface area contributed by atoms with Gasteiger partial charge in [-0.1, -0.05) is 48.6 Å². The highest BCUT2D eigenvalue weighted by molar-refractivity contribution is 5.08. The molecule has 0 atom stereocenters. The van der Waals surface area contributed by atoms with Crippen LogP contribution in [0, 0.1) is 0 Å². The van der Waals surface area contributed by atoms with Crippen LogP contribution in [-0.2, 0) is 0 Å². The highest BCUT2D eigenvalue weighted by Gasteiger charge is 1.75. The van der Waals surface area contributed by atoms with E-state index in [1.165, 1.54) is 0 Å². The van der Waals surface area contributed by atoms with E-state index in [0.29, 0.717) is 0 Å². The van der Waals surface area contributed by atoms with Crippen molar-refractivity contribution < 1.29 is 0 Å². The molecular formula is C11H14.